The smallest absolute Gasteiger partial charge is 0.381 e. The van der Waals surface area contributed by atoms with Crippen LogP contribution in [0.1, 0.15) is 41.3 Å². The van der Waals surface area contributed by atoms with E-state index in [0.717, 1.165) is 18.6 Å². The zero-order valence-corrected chi connectivity index (χ0v) is 11.0. The minimum absolute atomic E-state index is 0.187. The number of ketones is 1. The van der Waals surface area contributed by atoms with Gasteiger partial charge in [0.1, 0.15) is 0 Å². The van der Waals surface area contributed by atoms with Crippen LogP contribution in [-0.4, -0.2) is 19.0 Å². The van der Waals surface area contributed by atoms with Gasteiger partial charge in [0.25, 0.3) is 0 Å². The highest BCUT2D eigenvalue weighted by atomic mass is 19.4. The highest BCUT2D eigenvalue weighted by Crippen LogP contribution is 2.30. The second-order valence-corrected chi connectivity index (χ2v) is 4.31. The van der Waals surface area contributed by atoms with Gasteiger partial charge in [-0.25, -0.2) is 0 Å². The fraction of sp³-hybridized carbons (Fsp3) is 0.500. The maximum absolute atomic E-state index is 12.5. The Balaban J connectivity index is 2.71. The van der Waals surface area contributed by atoms with E-state index >= 15 is 0 Å². The van der Waals surface area contributed by atoms with Crippen LogP contribution < -0.4 is 0 Å². The Labute approximate surface area is 110 Å². The molecule has 0 N–H and O–H groups in total. The van der Waals surface area contributed by atoms with Gasteiger partial charge in [-0.3, -0.25) is 4.79 Å². The van der Waals surface area contributed by atoms with Crippen molar-refractivity contribution in [1.82, 2.24) is 0 Å². The van der Waals surface area contributed by atoms with E-state index in [2.05, 4.69) is 0 Å². The fourth-order valence-electron chi connectivity index (χ4n) is 1.70. The summed E-state index contributed by atoms with van der Waals surface area (Å²) in [7, 11) is 0. The van der Waals surface area contributed by atoms with Crippen LogP contribution >= 0.6 is 0 Å². The largest absolute Gasteiger partial charge is 0.416 e. The number of rotatable bonds is 6. The molecule has 0 aliphatic carbocycles. The lowest BCUT2D eigenvalue weighted by Crippen LogP contribution is -2.10. The monoisotopic (exact) mass is 274 g/mol. The maximum atomic E-state index is 12.5. The number of benzene rings is 1. The number of alkyl halides is 3. The quantitative estimate of drug-likeness (QED) is 0.578. The van der Waals surface area contributed by atoms with E-state index in [1.807, 2.05) is 6.92 Å². The molecular formula is C14H17F3O2. The van der Waals surface area contributed by atoms with Crippen molar-refractivity contribution in [2.24, 2.45) is 0 Å². The number of hydrogen-bond donors (Lipinski definition) is 0. The molecule has 0 amide bonds. The van der Waals surface area contributed by atoms with E-state index in [1.54, 1.807) is 0 Å². The lowest BCUT2D eigenvalue weighted by Gasteiger charge is -2.10. The summed E-state index contributed by atoms with van der Waals surface area (Å²) >= 11 is 0. The van der Waals surface area contributed by atoms with Crippen molar-refractivity contribution < 1.29 is 22.7 Å². The molecule has 0 aromatic heterocycles. The summed E-state index contributed by atoms with van der Waals surface area (Å²) in [6, 6.07) is 3.17. The summed E-state index contributed by atoms with van der Waals surface area (Å²) < 4.78 is 42.6. The minimum Gasteiger partial charge on any atom is -0.381 e. The van der Waals surface area contributed by atoms with Crippen LogP contribution in [0.25, 0.3) is 0 Å². The van der Waals surface area contributed by atoms with Crippen LogP contribution in [0, 0.1) is 6.92 Å². The minimum atomic E-state index is -4.38. The third-order valence-electron chi connectivity index (χ3n) is 2.68. The summed E-state index contributed by atoms with van der Waals surface area (Å²) in [6.45, 7) is 4.35. The number of hydrogen-bond acceptors (Lipinski definition) is 2. The van der Waals surface area contributed by atoms with Gasteiger partial charge in [-0.05, 0) is 31.0 Å². The zero-order chi connectivity index (χ0) is 14.5. The molecule has 0 saturated carbocycles. The van der Waals surface area contributed by atoms with E-state index in [0.29, 0.717) is 24.3 Å². The van der Waals surface area contributed by atoms with Gasteiger partial charge in [0, 0.05) is 18.6 Å². The summed E-state index contributed by atoms with van der Waals surface area (Å²) in [5.74, 6) is -0.192. The molecule has 1 rings (SSSR count). The van der Waals surface area contributed by atoms with Crippen LogP contribution in [0.5, 0.6) is 0 Å². The molecule has 0 fully saturated rings. The molecule has 2 nitrogen and oxygen atoms in total. The molecule has 0 unspecified atom stereocenters. The molecule has 5 heteroatoms. The van der Waals surface area contributed by atoms with Crippen molar-refractivity contribution in [3.05, 3.63) is 34.9 Å². The number of halogens is 3. The Hall–Kier alpha value is -1.36. The van der Waals surface area contributed by atoms with Crippen molar-refractivity contribution in [3.8, 4) is 0 Å². The molecule has 0 bridgehead atoms. The Morgan fingerprint density at radius 1 is 1.26 bits per heavy atom. The summed E-state index contributed by atoms with van der Waals surface area (Å²) in [4.78, 5) is 11.8. The van der Waals surface area contributed by atoms with Crippen molar-refractivity contribution >= 4 is 5.78 Å². The predicted molar refractivity (Wildman–Crippen MR) is 66.2 cm³/mol. The van der Waals surface area contributed by atoms with E-state index in [-0.39, 0.29) is 12.2 Å². The molecule has 0 aliphatic rings. The number of aryl methyl sites for hydroxylation is 1. The first-order valence-corrected chi connectivity index (χ1v) is 6.15. The maximum Gasteiger partial charge on any atom is 0.416 e. The van der Waals surface area contributed by atoms with E-state index in [9.17, 15) is 18.0 Å². The van der Waals surface area contributed by atoms with Gasteiger partial charge in [-0.2, -0.15) is 13.2 Å². The van der Waals surface area contributed by atoms with Crippen LogP contribution in [0.15, 0.2) is 18.2 Å². The number of carbonyl (C=O) groups is 1. The Morgan fingerprint density at radius 3 is 2.47 bits per heavy atom. The van der Waals surface area contributed by atoms with Gasteiger partial charge >= 0.3 is 6.18 Å². The number of carbonyl (C=O) groups excluding carboxylic acids is 1. The molecule has 0 atom stereocenters. The summed E-state index contributed by atoms with van der Waals surface area (Å²) in [5, 5.41) is 0. The second-order valence-electron chi connectivity index (χ2n) is 4.31. The van der Waals surface area contributed by atoms with Crippen molar-refractivity contribution in [2.75, 3.05) is 13.2 Å². The van der Waals surface area contributed by atoms with E-state index in [4.69, 9.17) is 4.74 Å². The molecule has 0 heterocycles. The molecule has 0 aliphatic heterocycles. The first-order chi connectivity index (χ1) is 8.86. The molecular weight excluding hydrogens is 257 g/mol. The summed E-state index contributed by atoms with van der Waals surface area (Å²) in [6.07, 6.45) is -3.32. The highest BCUT2D eigenvalue weighted by molar-refractivity contribution is 5.97. The fourth-order valence-corrected chi connectivity index (χ4v) is 1.70. The van der Waals surface area contributed by atoms with Crippen LogP contribution in [0.4, 0.5) is 13.2 Å². The normalized spacial score (nSPS) is 11.6. The second kappa shape index (κ2) is 6.70. The molecule has 19 heavy (non-hydrogen) atoms. The van der Waals surface area contributed by atoms with Crippen molar-refractivity contribution in [3.63, 3.8) is 0 Å². The average molecular weight is 274 g/mol. The van der Waals surface area contributed by atoms with E-state index < -0.39 is 11.7 Å². The van der Waals surface area contributed by atoms with Crippen molar-refractivity contribution in [1.29, 1.82) is 0 Å². The van der Waals surface area contributed by atoms with Gasteiger partial charge in [0.15, 0.2) is 5.78 Å². The molecule has 1 aromatic rings. The Bertz CT molecular complexity index is 439. The van der Waals surface area contributed by atoms with Gasteiger partial charge in [0.2, 0.25) is 0 Å². The molecule has 0 radical (unpaired) electrons. The van der Waals surface area contributed by atoms with E-state index in [1.165, 1.54) is 13.0 Å². The number of Topliss-reactive ketones (excluding diaryl/α,β-unsaturated/α-hetero) is 1. The number of ether oxygens (including phenoxy) is 1. The van der Waals surface area contributed by atoms with Gasteiger partial charge in [-0.15, -0.1) is 0 Å². The lowest BCUT2D eigenvalue weighted by molar-refractivity contribution is -0.137. The Morgan fingerprint density at radius 2 is 1.95 bits per heavy atom. The zero-order valence-electron chi connectivity index (χ0n) is 11.0. The molecule has 0 spiro atoms. The standard InChI is InChI=1S/C14H17F3O2/c1-3-7-19-8-6-13(18)12-5-4-11(9-10(12)2)14(15,16)17/h4-5,9H,3,6-8H2,1-2H3. The first kappa shape index (κ1) is 15.7. The van der Waals surface area contributed by atoms with Crippen LogP contribution in [0.3, 0.4) is 0 Å². The van der Waals surface area contributed by atoms with Gasteiger partial charge < -0.3 is 4.74 Å². The molecule has 1 aromatic carbocycles. The summed E-state index contributed by atoms with van der Waals surface area (Å²) in [5.41, 5.74) is -0.0628. The first-order valence-electron chi connectivity index (χ1n) is 6.15. The van der Waals surface area contributed by atoms with Gasteiger partial charge in [-0.1, -0.05) is 13.0 Å². The predicted octanol–water partition coefficient (Wildman–Crippen LogP) is 4.01. The Kier molecular flexibility index (Phi) is 5.54. The molecule has 106 valence electrons. The topological polar surface area (TPSA) is 26.3 Å². The SMILES string of the molecule is CCCOCCC(=O)c1ccc(C(F)(F)F)cc1C. The third-order valence-corrected chi connectivity index (χ3v) is 2.68. The van der Waals surface area contributed by atoms with Crippen molar-refractivity contribution in [2.45, 2.75) is 32.9 Å². The third kappa shape index (κ3) is 4.67. The van der Waals surface area contributed by atoms with Crippen LogP contribution in [0.2, 0.25) is 0 Å². The average Bonchev–Trinajstić information content (AvgIpc) is 2.33. The highest BCUT2D eigenvalue weighted by Gasteiger charge is 2.30. The van der Waals surface area contributed by atoms with Crippen LogP contribution in [-0.2, 0) is 10.9 Å². The lowest BCUT2D eigenvalue weighted by atomic mass is 10.00. The molecule has 0 saturated heterocycles. The van der Waals surface area contributed by atoms with Gasteiger partial charge in [0.05, 0.1) is 12.2 Å².